The average Bonchev–Trinajstić information content (AvgIpc) is 2.22. The molecule has 3 atom stereocenters. The van der Waals surface area contributed by atoms with Gasteiger partial charge in [-0.05, 0) is 31.1 Å². The molecule has 3 nitrogen and oxygen atoms in total. The van der Waals surface area contributed by atoms with Crippen LogP contribution >= 0.6 is 0 Å². The molecular formula is C12H26N2O. The van der Waals surface area contributed by atoms with Crippen molar-refractivity contribution in [3.8, 4) is 0 Å². The predicted molar refractivity (Wildman–Crippen MR) is 63.8 cm³/mol. The van der Waals surface area contributed by atoms with Gasteiger partial charge in [0.15, 0.2) is 0 Å². The lowest BCUT2D eigenvalue weighted by atomic mass is 9.70. The molecule has 3 N–H and O–H groups in total. The van der Waals surface area contributed by atoms with E-state index in [0.29, 0.717) is 5.92 Å². The molecular weight excluding hydrogens is 188 g/mol. The lowest BCUT2D eigenvalue weighted by Gasteiger charge is -2.45. The van der Waals surface area contributed by atoms with Crippen molar-refractivity contribution in [1.29, 1.82) is 0 Å². The summed E-state index contributed by atoms with van der Waals surface area (Å²) in [5, 5.41) is 3.61. The lowest BCUT2D eigenvalue weighted by molar-refractivity contribution is 0.113. The molecule has 1 aliphatic carbocycles. The molecule has 0 aromatic heterocycles. The van der Waals surface area contributed by atoms with Crippen LogP contribution in [-0.2, 0) is 4.74 Å². The average molecular weight is 214 g/mol. The minimum absolute atomic E-state index is 0.158. The van der Waals surface area contributed by atoms with Gasteiger partial charge in [0.25, 0.3) is 0 Å². The smallest absolute Gasteiger partial charge is 0.0587 e. The highest BCUT2D eigenvalue weighted by Crippen LogP contribution is 2.35. The van der Waals surface area contributed by atoms with E-state index in [4.69, 9.17) is 10.5 Å². The van der Waals surface area contributed by atoms with Crippen molar-refractivity contribution in [2.45, 2.75) is 38.6 Å². The lowest BCUT2D eigenvalue weighted by Crippen LogP contribution is -2.58. The van der Waals surface area contributed by atoms with E-state index >= 15 is 0 Å². The Morgan fingerprint density at radius 3 is 2.73 bits per heavy atom. The molecule has 3 heteroatoms. The maximum atomic E-state index is 5.95. The van der Waals surface area contributed by atoms with Gasteiger partial charge in [-0.25, -0.2) is 0 Å². The number of ether oxygens (including phenoxy) is 1. The maximum absolute atomic E-state index is 5.95. The Morgan fingerprint density at radius 1 is 1.47 bits per heavy atom. The number of nitrogens with two attached hydrogens (primary N) is 1. The van der Waals surface area contributed by atoms with E-state index in [1.54, 1.807) is 7.11 Å². The first-order valence-electron chi connectivity index (χ1n) is 6.08. The molecule has 0 aromatic rings. The Hall–Kier alpha value is -0.120. The van der Waals surface area contributed by atoms with Gasteiger partial charge in [-0.15, -0.1) is 0 Å². The molecule has 1 aliphatic rings. The van der Waals surface area contributed by atoms with Crippen molar-refractivity contribution >= 4 is 0 Å². The molecule has 1 rings (SSSR count). The highest BCUT2D eigenvalue weighted by molar-refractivity contribution is 4.97. The summed E-state index contributed by atoms with van der Waals surface area (Å²) in [4.78, 5) is 0. The molecule has 90 valence electrons. The van der Waals surface area contributed by atoms with Gasteiger partial charge in [0, 0.05) is 25.7 Å². The fourth-order valence-corrected chi connectivity index (χ4v) is 2.74. The Labute approximate surface area is 93.8 Å². The van der Waals surface area contributed by atoms with E-state index in [9.17, 15) is 0 Å². The summed E-state index contributed by atoms with van der Waals surface area (Å²) in [6.45, 7) is 7.08. The van der Waals surface area contributed by atoms with Crippen LogP contribution in [0.25, 0.3) is 0 Å². The fourth-order valence-electron chi connectivity index (χ4n) is 2.74. The zero-order chi connectivity index (χ0) is 11.3. The zero-order valence-corrected chi connectivity index (χ0v) is 10.4. The number of hydrogen-bond donors (Lipinski definition) is 2. The van der Waals surface area contributed by atoms with Crippen LogP contribution in [0.15, 0.2) is 0 Å². The Balaban J connectivity index is 2.50. The molecule has 0 radical (unpaired) electrons. The van der Waals surface area contributed by atoms with Crippen LogP contribution in [-0.4, -0.2) is 32.3 Å². The van der Waals surface area contributed by atoms with Gasteiger partial charge < -0.3 is 15.8 Å². The van der Waals surface area contributed by atoms with Crippen molar-refractivity contribution in [3.05, 3.63) is 0 Å². The summed E-state index contributed by atoms with van der Waals surface area (Å²) >= 11 is 0. The second-order valence-electron chi connectivity index (χ2n) is 5.06. The van der Waals surface area contributed by atoms with Crippen molar-refractivity contribution in [2.75, 3.05) is 26.8 Å². The van der Waals surface area contributed by atoms with E-state index in [-0.39, 0.29) is 5.54 Å². The highest BCUT2D eigenvalue weighted by Gasteiger charge is 2.38. The molecule has 0 heterocycles. The SMILES string of the molecule is COCCNC1(CN)CCC(C)CC1C. The monoisotopic (exact) mass is 214 g/mol. The minimum atomic E-state index is 0.158. The molecule has 0 aliphatic heterocycles. The van der Waals surface area contributed by atoms with Gasteiger partial charge >= 0.3 is 0 Å². The van der Waals surface area contributed by atoms with Gasteiger partial charge in [-0.2, -0.15) is 0 Å². The van der Waals surface area contributed by atoms with Gasteiger partial charge in [0.1, 0.15) is 0 Å². The van der Waals surface area contributed by atoms with Gasteiger partial charge in [-0.1, -0.05) is 13.8 Å². The second-order valence-corrected chi connectivity index (χ2v) is 5.06. The summed E-state index contributed by atoms with van der Waals surface area (Å²) in [6, 6.07) is 0. The molecule has 1 saturated carbocycles. The third-order valence-corrected chi connectivity index (χ3v) is 3.93. The number of rotatable bonds is 5. The van der Waals surface area contributed by atoms with Crippen LogP contribution < -0.4 is 11.1 Å². The third kappa shape index (κ3) is 3.16. The third-order valence-electron chi connectivity index (χ3n) is 3.93. The first kappa shape index (κ1) is 12.9. The summed E-state index contributed by atoms with van der Waals surface area (Å²) in [7, 11) is 1.74. The van der Waals surface area contributed by atoms with Crippen molar-refractivity contribution in [1.82, 2.24) is 5.32 Å². The summed E-state index contributed by atoms with van der Waals surface area (Å²) in [5.74, 6) is 1.52. The molecule has 0 bridgehead atoms. The second kappa shape index (κ2) is 5.83. The summed E-state index contributed by atoms with van der Waals surface area (Å²) < 4.78 is 5.08. The molecule has 15 heavy (non-hydrogen) atoms. The first-order chi connectivity index (χ1) is 7.14. The summed E-state index contributed by atoms with van der Waals surface area (Å²) in [6.07, 6.45) is 3.79. The Bertz CT molecular complexity index is 186. The summed E-state index contributed by atoms with van der Waals surface area (Å²) in [5.41, 5.74) is 6.11. The van der Waals surface area contributed by atoms with Crippen LogP contribution in [0.1, 0.15) is 33.1 Å². The van der Waals surface area contributed by atoms with Gasteiger partial charge in [0.2, 0.25) is 0 Å². The van der Waals surface area contributed by atoms with Crippen LogP contribution in [0.2, 0.25) is 0 Å². The fraction of sp³-hybridized carbons (Fsp3) is 1.00. The Kier molecular flexibility index (Phi) is 5.03. The normalized spacial score (nSPS) is 36.8. The largest absolute Gasteiger partial charge is 0.383 e. The predicted octanol–water partition coefficient (Wildman–Crippen LogP) is 1.38. The first-order valence-corrected chi connectivity index (χ1v) is 6.08. The standard InChI is InChI=1S/C12H26N2O/c1-10-4-5-12(9-13,11(2)8-10)14-6-7-15-3/h10-11,14H,4-9,13H2,1-3H3. The van der Waals surface area contributed by atoms with Crippen LogP contribution in [0.3, 0.4) is 0 Å². The van der Waals surface area contributed by atoms with Crippen LogP contribution in [0.5, 0.6) is 0 Å². The molecule has 0 saturated heterocycles. The quantitative estimate of drug-likeness (QED) is 0.680. The topological polar surface area (TPSA) is 47.3 Å². The van der Waals surface area contributed by atoms with E-state index < -0.39 is 0 Å². The van der Waals surface area contributed by atoms with Crippen LogP contribution in [0.4, 0.5) is 0 Å². The zero-order valence-electron chi connectivity index (χ0n) is 10.4. The van der Waals surface area contributed by atoms with Gasteiger partial charge in [0.05, 0.1) is 6.61 Å². The molecule has 0 spiro atoms. The van der Waals surface area contributed by atoms with Gasteiger partial charge in [-0.3, -0.25) is 0 Å². The molecule has 0 aromatic carbocycles. The number of methoxy groups -OCH3 is 1. The number of hydrogen-bond acceptors (Lipinski definition) is 3. The van der Waals surface area contributed by atoms with E-state index in [0.717, 1.165) is 25.6 Å². The minimum Gasteiger partial charge on any atom is -0.383 e. The highest BCUT2D eigenvalue weighted by atomic mass is 16.5. The van der Waals surface area contributed by atoms with E-state index in [2.05, 4.69) is 19.2 Å². The van der Waals surface area contributed by atoms with Crippen molar-refractivity contribution in [3.63, 3.8) is 0 Å². The van der Waals surface area contributed by atoms with Crippen molar-refractivity contribution < 1.29 is 4.74 Å². The molecule has 1 fully saturated rings. The molecule has 0 amide bonds. The van der Waals surface area contributed by atoms with Crippen molar-refractivity contribution in [2.24, 2.45) is 17.6 Å². The Morgan fingerprint density at radius 2 is 2.20 bits per heavy atom. The molecule has 3 unspecified atom stereocenters. The van der Waals surface area contributed by atoms with E-state index in [1.165, 1.54) is 19.3 Å². The maximum Gasteiger partial charge on any atom is 0.0587 e. The van der Waals surface area contributed by atoms with E-state index in [1.807, 2.05) is 0 Å². The number of nitrogens with one attached hydrogen (secondary N) is 1. The van der Waals surface area contributed by atoms with Crippen LogP contribution in [0, 0.1) is 11.8 Å².